The molecule has 2 aromatic carbocycles. The van der Waals surface area contributed by atoms with Gasteiger partial charge < -0.3 is 18.9 Å². The summed E-state index contributed by atoms with van der Waals surface area (Å²) in [6.45, 7) is 22.4. The van der Waals surface area contributed by atoms with Crippen LogP contribution >= 0.6 is 0 Å². The molecule has 0 saturated carbocycles. The van der Waals surface area contributed by atoms with Crippen LogP contribution < -0.4 is 18.9 Å². The lowest BCUT2D eigenvalue weighted by atomic mass is 10.0. The fourth-order valence-electron chi connectivity index (χ4n) is 2.51. The first-order valence-electron chi connectivity index (χ1n) is 8.79. The maximum Gasteiger partial charge on any atom is 0.216 e. The maximum absolute atomic E-state index is 5.97. The van der Waals surface area contributed by atoms with Crippen LogP contribution in [0, 0.1) is 0 Å². The van der Waals surface area contributed by atoms with Gasteiger partial charge in [0, 0.05) is 5.56 Å². The van der Waals surface area contributed by atoms with E-state index in [9.17, 15) is 0 Å². The van der Waals surface area contributed by atoms with Crippen LogP contribution in [0.3, 0.4) is 0 Å². The van der Waals surface area contributed by atoms with Crippen molar-refractivity contribution in [2.24, 2.45) is 0 Å². The molecule has 0 saturated heterocycles. The van der Waals surface area contributed by atoms with Gasteiger partial charge in [-0.3, -0.25) is 0 Å². The zero-order valence-electron chi connectivity index (χ0n) is 16.9. The van der Waals surface area contributed by atoms with Crippen LogP contribution in [0.25, 0.3) is 11.1 Å². The first kappa shape index (κ1) is 20.9. The number of benzene rings is 2. The molecule has 0 bridgehead atoms. The highest BCUT2D eigenvalue weighted by molar-refractivity contribution is 5.80. The summed E-state index contributed by atoms with van der Waals surface area (Å²) in [5.41, 5.74) is 1.67. The predicted molar refractivity (Wildman–Crippen MR) is 114 cm³/mol. The van der Waals surface area contributed by atoms with Crippen molar-refractivity contribution in [3.8, 4) is 34.1 Å². The van der Waals surface area contributed by atoms with Crippen LogP contribution in [0.4, 0.5) is 0 Å². The van der Waals surface area contributed by atoms with Crippen molar-refractivity contribution >= 4 is 0 Å². The van der Waals surface area contributed by atoms with Crippen LogP contribution in [0.5, 0.6) is 23.0 Å². The molecule has 0 aliphatic heterocycles. The zero-order chi connectivity index (χ0) is 20.8. The van der Waals surface area contributed by atoms with Crippen molar-refractivity contribution in [2.45, 2.75) is 27.7 Å². The average Bonchev–Trinajstić information content (AvgIpc) is 2.59. The molecule has 4 nitrogen and oxygen atoms in total. The molecule has 146 valence electrons. The molecular formula is C24H26O4. The summed E-state index contributed by atoms with van der Waals surface area (Å²) in [7, 11) is 0. The van der Waals surface area contributed by atoms with E-state index < -0.39 is 0 Å². The number of hydrogen-bond donors (Lipinski definition) is 0. The molecule has 0 N–H and O–H groups in total. The van der Waals surface area contributed by atoms with Crippen molar-refractivity contribution in [1.82, 2.24) is 0 Å². The van der Waals surface area contributed by atoms with Crippen molar-refractivity contribution in [3.63, 3.8) is 0 Å². The van der Waals surface area contributed by atoms with Gasteiger partial charge in [0.15, 0.2) is 11.5 Å². The second kappa shape index (κ2) is 9.00. The highest BCUT2D eigenvalue weighted by atomic mass is 16.6. The Hall–Kier alpha value is -3.40. The van der Waals surface area contributed by atoms with Gasteiger partial charge in [-0.05, 0) is 39.3 Å². The molecule has 0 aliphatic rings. The van der Waals surface area contributed by atoms with Gasteiger partial charge in [-0.1, -0.05) is 56.6 Å². The average molecular weight is 378 g/mol. The smallest absolute Gasteiger partial charge is 0.216 e. The molecule has 0 spiro atoms. The third-order valence-corrected chi connectivity index (χ3v) is 3.35. The molecular weight excluding hydrogens is 352 g/mol. The minimum atomic E-state index is 0.328. The molecule has 0 heterocycles. The van der Waals surface area contributed by atoms with E-state index in [1.807, 2.05) is 36.4 Å². The summed E-state index contributed by atoms with van der Waals surface area (Å²) < 4.78 is 23.6. The molecule has 0 unspecified atom stereocenters. The first-order chi connectivity index (χ1) is 13.2. The summed E-state index contributed by atoms with van der Waals surface area (Å²) in [5.74, 6) is 3.47. The van der Waals surface area contributed by atoms with Crippen molar-refractivity contribution in [1.29, 1.82) is 0 Å². The van der Waals surface area contributed by atoms with Gasteiger partial charge in [0.05, 0.1) is 23.0 Å². The Morgan fingerprint density at radius 1 is 0.607 bits per heavy atom. The monoisotopic (exact) mass is 378 g/mol. The first-order valence-corrected chi connectivity index (χ1v) is 8.79. The minimum absolute atomic E-state index is 0.328. The highest BCUT2D eigenvalue weighted by Gasteiger charge is 2.26. The van der Waals surface area contributed by atoms with E-state index in [1.54, 1.807) is 27.7 Å². The van der Waals surface area contributed by atoms with Gasteiger partial charge in [0.25, 0.3) is 0 Å². The van der Waals surface area contributed by atoms with E-state index in [2.05, 4.69) is 26.3 Å². The van der Waals surface area contributed by atoms with Crippen LogP contribution in [-0.4, -0.2) is 0 Å². The van der Waals surface area contributed by atoms with Gasteiger partial charge >= 0.3 is 0 Å². The second-order valence-electron chi connectivity index (χ2n) is 6.49. The molecule has 0 aromatic heterocycles. The standard InChI is InChI=1S/C24H26O4/c1-15(2)25-21-14-20(19-12-10-9-11-13-19)22(26-16(3)4)24(28-18(7)8)23(21)27-17(5)6/h9-14H,1,3,5,7H2,2,4,6,8H3. The van der Waals surface area contributed by atoms with Crippen LogP contribution in [0.1, 0.15) is 27.7 Å². The van der Waals surface area contributed by atoms with E-state index in [1.165, 1.54) is 0 Å². The molecule has 0 fully saturated rings. The Morgan fingerprint density at radius 3 is 1.57 bits per heavy atom. The van der Waals surface area contributed by atoms with E-state index in [-0.39, 0.29) is 0 Å². The molecule has 2 rings (SSSR count). The van der Waals surface area contributed by atoms with Crippen molar-refractivity contribution < 1.29 is 18.9 Å². The van der Waals surface area contributed by atoms with Gasteiger partial charge in [-0.15, -0.1) is 0 Å². The molecule has 0 radical (unpaired) electrons. The second-order valence-corrected chi connectivity index (χ2v) is 6.49. The number of ether oxygens (including phenoxy) is 4. The molecule has 0 atom stereocenters. The zero-order valence-corrected chi connectivity index (χ0v) is 16.9. The van der Waals surface area contributed by atoms with Gasteiger partial charge in [-0.25, -0.2) is 0 Å². The largest absolute Gasteiger partial charge is 0.459 e. The minimum Gasteiger partial charge on any atom is -0.459 e. The normalized spacial score (nSPS) is 10.0. The lowest BCUT2D eigenvalue weighted by molar-refractivity contribution is 0.323. The molecule has 2 aromatic rings. The number of hydrogen-bond acceptors (Lipinski definition) is 4. The van der Waals surface area contributed by atoms with E-state index >= 15 is 0 Å². The van der Waals surface area contributed by atoms with E-state index in [4.69, 9.17) is 18.9 Å². The van der Waals surface area contributed by atoms with Gasteiger partial charge in [-0.2, -0.15) is 0 Å². The quantitative estimate of drug-likeness (QED) is 0.440. The third-order valence-electron chi connectivity index (χ3n) is 3.35. The molecule has 4 heteroatoms. The SMILES string of the molecule is C=C(C)Oc1cc(-c2ccccc2)c(OC(=C)C)c(OC(=C)C)c1OC(=C)C. The topological polar surface area (TPSA) is 36.9 Å². The molecule has 28 heavy (non-hydrogen) atoms. The fourth-order valence-corrected chi connectivity index (χ4v) is 2.51. The maximum atomic E-state index is 5.97. The Labute approximate surface area is 167 Å². The summed E-state index contributed by atoms with van der Waals surface area (Å²) in [6.07, 6.45) is 0. The predicted octanol–water partition coefficient (Wildman–Crippen LogP) is 7.00. The van der Waals surface area contributed by atoms with Crippen LogP contribution in [-0.2, 0) is 0 Å². The highest BCUT2D eigenvalue weighted by Crippen LogP contribution is 2.52. The van der Waals surface area contributed by atoms with Gasteiger partial charge in [0.2, 0.25) is 11.5 Å². The summed E-state index contributed by atoms with van der Waals surface area (Å²) >= 11 is 0. The Balaban J connectivity index is 2.89. The number of rotatable bonds is 9. The summed E-state index contributed by atoms with van der Waals surface area (Å²) in [5, 5.41) is 0. The number of allylic oxidation sites excluding steroid dienone is 4. The lowest BCUT2D eigenvalue weighted by Gasteiger charge is -2.22. The summed E-state index contributed by atoms with van der Waals surface area (Å²) in [6, 6.07) is 11.6. The molecule has 0 aliphatic carbocycles. The fraction of sp³-hybridized carbons (Fsp3) is 0.167. The van der Waals surface area contributed by atoms with Crippen LogP contribution in [0.15, 0.2) is 85.8 Å². The van der Waals surface area contributed by atoms with Crippen molar-refractivity contribution in [2.75, 3.05) is 0 Å². The Kier molecular flexibility index (Phi) is 6.72. The van der Waals surface area contributed by atoms with Crippen molar-refractivity contribution in [3.05, 3.63) is 85.8 Å². The third kappa shape index (κ3) is 5.30. The van der Waals surface area contributed by atoms with E-state index in [0.717, 1.165) is 11.1 Å². The van der Waals surface area contributed by atoms with E-state index in [0.29, 0.717) is 46.0 Å². The lowest BCUT2D eigenvalue weighted by Crippen LogP contribution is -2.04. The summed E-state index contributed by atoms with van der Waals surface area (Å²) in [4.78, 5) is 0. The van der Waals surface area contributed by atoms with Crippen LogP contribution in [0.2, 0.25) is 0 Å². The Morgan fingerprint density at radius 2 is 1.07 bits per heavy atom. The Bertz CT molecular complexity index is 923. The van der Waals surface area contributed by atoms with Gasteiger partial charge in [0.1, 0.15) is 0 Å². The molecule has 0 amide bonds.